The van der Waals surface area contributed by atoms with Gasteiger partial charge in [0.15, 0.2) is 5.76 Å². The van der Waals surface area contributed by atoms with E-state index in [9.17, 15) is 9.59 Å². The molecule has 0 aliphatic rings. The fraction of sp³-hybridized carbons (Fsp3) is 0.143. The molecule has 2 rings (SSSR count). The molecule has 1 aromatic carbocycles. The maximum absolute atomic E-state index is 11.4. The van der Waals surface area contributed by atoms with Crippen molar-refractivity contribution in [1.82, 2.24) is 0 Å². The van der Waals surface area contributed by atoms with Gasteiger partial charge in [0.2, 0.25) is 5.91 Å². The predicted octanol–water partition coefficient (Wildman–Crippen LogP) is 1.74. The minimum Gasteiger partial charge on any atom is -0.486 e. The number of benzene rings is 1. The van der Waals surface area contributed by atoms with Crippen molar-refractivity contribution in [3.05, 3.63) is 53.5 Å². The van der Waals surface area contributed by atoms with Gasteiger partial charge in [0.25, 0.3) is 0 Å². The van der Waals surface area contributed by atoms with Crippen molar-refractivity contribution in [2.75, 3.05) is 7.11 Å². The molecule has 20 heavy (non-hydrogen) atoms. The van der Waals surface area contributed by atoms with Crippen LogP contribution < -0.4 is 10.5 Å². The molecule has 0 unspecified atom stereocenters. The highest BCUT2D eigenvalue weighted by Gasteiger charge is 2.15. The van der Waals surface area contributed by atoms with Gasteiger partial charge in [-0.25, -0.2) is 4.79 Å². The number of hydrogen-bond acceptors (Lipinski definition) is 5. The summed E-state index contributed by atoms with van der Waals surface area (Å²) in [4.78, 5) is 22.4. The van der Waals surface area contributed by atoms with Crippen LogP contribution in [0.5, 0.6) is 5.75 Å². The van der Waals surface area contributed by atoms with Gasteiger partial charge in [-0.1, -0.05) is 0 Å². The molecule has 1 aromatic heterocycles. The SMILES string of the molecule is COC(=O)c1ccoc1COc1ccc(C(N)=O)cc1. The monoisotopic (exact) mass is 275 g/mol. The Hall–Kier alpha value is -2.76. The number of primary amides is 1. The van der Waals surface area contributed by atoms with Gasteiger partial charge in [-0.15, -0.1) is 0 Å². The van der Waals surface area contributed by atoms with Gasteiger partial charge < -0.3 is 19.6 Å². The first-order valence-corrected chi connectivity index (χ1v) is 5.79. The van der Waals surface area contributed by atoms with Gasteiger partial charge in [0, 0.05) is 5.56 Å². The molecule has 2 N–H and O–H groups in total. The summed E-state index contributed by atoms with van der Waals surface area (Å²) >= 11 is 0. The molecular formula is C14H13NO5. The molecule has 1 amide bonds. The summed E-state index contributed by atoms with van der Waals surface area (Å²) in [6, 6.07) is 7.85. The largest absolute Gasteiger partial charge is 0.486 e. The highest BCUT2D eigenvalue weighted by Crippen LogP contribution is 2.17. The molecule has 0 fully saturated rings. The molecule has 0 spiro atoms. The Morgan fingerprint density at radius 3 is 2.50 bits per heavy atom. The van der Waals surface area contributed by atoms with Gasteiger partial charge >= 0.3 is 5.97 Å². The van der Waals surface area contributed by atoms with Crippen LogP contribution in [0.3, 0.4) is 0 Å². The number of furan rings is 1. The molecule has 6 heteroatoms. The van der Waals surface area contributed by atoms with Crippen LogP contribution in [0.15, 0.2) is 41.0 Å². The van der Waals surface area contributed by atoms with E-state index in [1.54, 1.807) is 24.3 Å². The van der Waals surface area contributed by atoms with Crippen molar-refractivity contribution < 1.29 is 23.5 Å². The van der Waals surface area contributed by atoms with E-state index in [1.165, 1.54) is 19.4 Å². The molecule has 0 bridgehead atoms. The first kappa shape index (κ1) is 13.7. The molecule has 0 saturated carbocycles. The lowest BCUT2D eigenvalue weighted by atomic mass is 10.2. The number of methoxy groups -OCH3 is 1. The van der Waals surface area contributed by atoms with Crippen molar-refractivity contribution in [2.24, 2.45) is 5.73 Å². The maximum Gasteiger partial charge on any atom is 0.341 e. The number of nitrogens with two attached hydrogens (primary N) is 1. The van der Waals surface area contributed by atoms with Crippen molar-refractivity contribution >= 4 is 11.9 Å². The molecule has 0 radical (unpaired) electrons. The Kier molecular flexibility index (Phi) is 4.05. The lowest BCUT2D eigenvalue weighted by Gasteiger charge is -2.06. The molecule has 0 aliphatic heterocycles. The first-order chi connectivity index (χ1) is 9.61. The second kappa shape index (κ2) is 5.92. The van der Waals surface area contributed by atoms with Gasteiger partial charge in [0.1, 0.15) is 17.9 Å². The normalized spacial score (nSPS) is 10.1. The lowest BCUT2D eigenvalue weighted by molar-refractivity contribution is 0.0595. The predicted molar refractivity (Wildman–Crippen MR) is 69.3 cm³/mol. The van der Waals surface area contributed by atoms with Crippen LogP contribution in [-0.4, -0.2) is 19.0 Å². The van der Waals surface area contributed by atoms with Crippen LogP contribution in [-0.2, 0) is 11.3 Å². The van der Waals surface area contributed by atoms with Crippen molar-refractivity contribution in [3.63, 3.8) is 0 Å². The fourth-order valence-corrected chi connectivity index (χ4v) is 1.61. The molecule has 104 valence electrons. The number of ether oxygens (including phenoxy) is 2. The van der Waals surface area contributed by atoms with Crippen LogP contribution in [0.2, 0.25) is 0 Å². The molecular weight excluding hydrogens is 262 g/mol. The van der Waals surface area contributed by atoms with Crippen LogP contribution in [0.4, 0.5) is 0 Å². The number of esters is 1. The fourth-order valence-electron chi connectivity index (χ4n) is 1.61. The second-order valence-corrected chi connectivity index (χ2v) is 3.93. The van der Waals surface area contributed by atoms with E-state index in [1.807, 2.05) is 0 Å². The van der Waals surface area contributed by atoms with E-state index in [2.05, 4.69) is 4.74 Å². The number of carbonyl (C=O) groups is 2. The minimum atomic E-state index is -0.504. The topological polar surface area (TPSA) is 91.8 Å². The van der Waals surface area contributed by atoms with Crippen LogP contribution >= 0.6 is 0 Å². The zero-order chi connectivity index (χ0) is 14.5. The van der Waals surface area contributed by atoms with Gasteiger partial charge in [-0.05, 0) is 30.3 Å². The highest BCUT2D eigenvalue weighted by molar-refractivity contribution is 5.92. The third-order valence-corrected chi connectivity index (χ3v) is 2.66. The minimum absolute atomic E-state index is 0.0767. The molecule has 0 saturated heterocycles. The number of carbonyl (C=O) groups excluding carboxylic acids is 2. The summed E-state index contributed by atoms with van der Waals surface area (Å²) in [5, 5.41) is 0. The maximum atomic E-state index is 11.4. The first-order valence-electron chi connectivity index (χ1n) is 5.79. The molecule has 6 nitrogen and oxygen atoms in total. The molecule has 0 aliphatic carbocycles. The van der Waals surface area contributed by atoms with E-state index in [0.717, 1.165) is 0 Å². The average Bonchev–Trinajstić information content (AvgIpc) is 2.93. The standard InChI is InChI=1S/C14H13NO5/c1-18-14(17)11-6-7-19-12(11)8-20-10-4-2-9(3-5-10)13(15)16/h2-7H,8H2,1H3,(H2,15,16). The zero-order valence-corrected chi connectivity index (χ0v) is 10.8. The van der Waals surface area contributed by atoms with Crippen molar-refractivity contribution in [2.45, 2.75) is 6.61 Å². The van der Waals surface area contributed by atoms with Crippen molar-refractivity contribution in [1.29, 1.82) is 0 Å². The summed E-state index contributed by atoms with van der Waals surface area (Å²) in [6.45, 7) is 0.0767. The Morgan fingerprint density at radius 2 is 1.90 bits per heavy atom. The highest BCUT2D eigenvalue weighted by atomic mass is 16.5. The van der Waals surface area contributed by atoms with E-state index in [4.69, 9.17) is 14.9 Å². The molecule has 1 heterocycles. The van der Waals surface area contributed by atoms with Gasteiger partial charge in [0.05, 0.1) is 13.4 Å². The summed E-state index contributed by atoms with van der Waals surface area (Å²) in [5.41, 5.74) is 5.85. The van der Waals surface area contributed by atoms with Crippen LogP contribution in [0.1, 0.15) is 26.5 Å². The lowest BCUT2D eigenvalue weighted by Crippen LogP contribution is -2.10. The summed E-state index contributed by atoms with van der Waals surface area (Å²) < 4.78 is 15.3. The Balaban J connectivity index is 2.04. The van der Waals surface area contributed by atoms with Crippen molar-refractivity contribution in [3.8, 4) is 5.75 Å². The Bertz CT molecular complexity index is 615. The van der Waals surface area contributed by atoms with E-state index >= 15 is 0 Å². The van der Waals surface area contributed by atoms with E-state index in [-0.39, 0.29) is 6.61 Å². The quantitative estimate of drug-likeness (QED) is 0.839. The second-order valence-electron chi connectivity index (χ2n) is 3.93. The smallest absolute Gasteiger partial charge is 0.341 e. The average molecular weight is 275 g/mol. The summed E-state index contributed by atoms with van der Waals surface area (Å²) in [6.07, 6.45) is 1.39. The summed E-state index contributed by atoms with van der Waals surface area (Å²) in [5.74, 6) is -0.0879. The third-order valence-electron chi connectivity index (χ3n) is 2.66. The number of amides is 1. The number of hydrogen-bond donors (Lipinski definition) is 1. The van der Waals surface area contributed by atoms with E-state index < -0.39 is 11.9 Å². The molecule has 0 atom stereocenters. The Morgan fingerprint density at radius 1 is 1.20 bits per heavy atom. The van der Waals surface area contributed by atoms with Crippen LogP contribution in [0, 0.1) is 0 Å². The summed E-state index contributed by atoms with van der Waals surface area (Å²) in [7, 11) is 1.29. The van der Waals surface area contributed by atoms with Gasteiger partial charge in [-0.3, -0.25) is 4.79 Å². The third kappa shape index (κ3) is 2.97. The zero-order valence-electron chi connectivity index (χ0n) is 10.8. The number of rotatable bonds is 5. The van der Waals surface area contributed by atoms with E-state index in [0.29, 0.717) is 22.6 Å². The molecule has 2 aromatic rings. The van der Waals surface area contributed by atoms with Gasteiger partial charge in [-0.2, -0.15) is 0 Å². The van der Waals surface area contributed by atoms with Crippen LogP contribution in [0.25, 0.3) is 0 Å². The Labute approximate surface area is 115 Å².